The monoisotopic (exact) mass is 338 g/mol. The van der Waals surface area contributed by atoms with Crippen molar-refractivity contribution in [3.63, 3.8) is 0 Å². The van der Waals surface area contributed by atoms with Crippen LogP contribution in [-0.2, 0) is 4.74 Å². The van der Waals surface area contributed by atoms with Gasteiger partial charge in [0, 0.05) is 13.0 Å². The fraction of sp³-hybridized carbons (Fsp3) is 0.409. The predicted molar refractivity (Wildman–Crippen MR) is 106 cm³/mol. The highest BCUT2D eigenvalue weighted by Gasteiger charge is 2.29. The largest absolute Gasteiger partial charge is 0.497 e. The van der Waals surface area contributed by atoms with Crippen LogP contribution in [0.1, 0.15) is 26.2 Å². The van der Waals surface area contributed by atoms with Crippen LogP contribution in [-0.4, -0.2) is 31.6 Å². The van der Waals surface area contributed by atoms with Gasteiger partial charge in [0.25, 0.3) is 0 Å². The summed E-state index contributed by atoms with van der Waals surface area (Å²) in [6.07, 6.45) is 10.1. The van der Waals surface area contributed by atoms with Crippen LogP contribution in [0.15, 0.2) is 73.1 Å². The van der Waals surface area contributed by atoms with E-state index in [9.17, 15) is 0 Å². The molecule has 0 radical (unpaired) electrons. The molecule has 1 aliphatic rings. The maximum atomic E-state index is 8.93. The fourth-order valence-corrected chi connectivity index (χ4v) is 2.75. The van der Waals surface area contributed by atoms with Gasteiger partial charge in [0.1, 0.15) is 5.76 Å². The number of nitrogens with zero attached hydrogens (tertiary/aromatic N) is 2. The van der Waals surface area contributed by atoms with Crippen molar-refractivity contribution >= 4 is 0 Å². The number of allylic oxidation sites excluding steroid dienone is 5. The van der Waals surface area contributed by atoms with E-state index >= 15 is 0 Å². The molecule has 0 N–H and O–H groups in total. The molecule has 0 bridgehead atoms. The van der Waals surface area contributed by atoms with Gasteiger partial charge in [0.15, 0.2) is 0 Å². The molecule has 0 amide bonds. The number of ether oxygens (including phenoxy) is 1. The third-order valence-corrected chi connectivity index (χ3v) is 4.68. The summed E-state index contributed by atoms with van der Waals surface area (Å²) in [4.78, 5) is 2.39. The predicted octanol–water partition coefficient (Wildman–Crippen LogP) is 4.94. The lowest BCUT2D eigenvalue weighted by atomic mass is 9.78. The molecule has 1 aliphatic heterocycles. The maximum absolute atomic E-state index is 8.93. The first-order valence-electron chi connectivity index (χ1n) is 8.55. The van der Waals surface area contributed by atoms with Crippen LogP contribution in [0.5, 0.6) is 0 Å². The molecule has 0 aromatic heterocycles. The van der Waals surface area contributed by atoms with Gasteiger partial charge in [-0.25, -0.2) is 0 Å². The van der Waals surface area contributed by atoms with Crippen LogP contribution in [0.3, 0.4) is 0 Å². The van der Waals surface area contributed by atoms with Crippen LogP contribution in [0, 0.1) is 16.7 Å². The van der Waals surface area contributed by atoms with Crippen molar-refractivity contribution in [3.8, 4) is 6.07 Å². The van der Waals surface area contributed by atoms with E-state index in [2.05, 4.69) is 44.2 Å². The number of piperidine rings is 1. The van der Waals surface area contributed by atoms with Gasteiger partial charge in [-0.05, 0) is 60.2 Å². The minimum Gasteiger partial charge on any atom is -0.497 e. The fourth-order valence-electron chi connectivity index (χ4n) is 2.75. The number of hydrogen-bond donors (Lipinski definition) is 0. The Bertz CT molecular complexity index is 623. The molecule has 0 saturated carbocycles. The molecule has 1 heterocycles. The topological polar surface area (TPSA) is 36.3 Å². The summed E-state index contributed by atoms with van der Waals surface area (Å²) in [6.45, 7) is 20.9. The molecule has 3 nitrogen and oxygen atoms in total. The molecule has 25 heavy (non-hydrogen) atoms. The summed E-state index contributed by atoms with van der Waals surface area (Å²) < 4.78 is 5.15. The van der Waals surface area contributed by atoms with Crippen LogP contribution in [0.25, 0.3) is 0 Å². The van der Waals surface area contributed by atoms with Gasteiger partial charge in [-0.15, -0.1) is 0 Å². The minimum absolute atomic E-state index is 0.172. The van der Waals surface area contributed by atoms with Crippen LogP contribution in [0.4, 0.5) is 0 Å². The van der Waals surface area contributed by atoms with Crippen molar-refractivity contribution < 1.29 is 4.74 Å². The number of nitriles is 1. The Morgan fingerprint density at radius 3 is 2.36 bits per heavy atom. The highest BCUT2D eigenvalue weighted by Crippen LogP contribution is 2.34. The van der Waals surface area contributed by atoms with Crippen molar-refractivity contribution in [1.82, 2.24) is 4.90 Å². The number of methoxy groups -OCH3 is 1. The first kappa shape index (κ1) is 20.7. The zero-order chi connectivity index (χ0) is 18.9. The molecule has 0 atom stereocenters. The van der Waals surface area contributed by atoms with E-state index in [4.69, 9.17) is 10.00 Å². The summed E-state index contributed by atoms with van der Waals surface area (Å²) in [5, 5.41) is 8.93. The quantitative estimate of drug-likeness (QED) is 0.441. The molecule has 0 spiro atoms. The Hall–Kier alpha value is -2.31. The van der Waals surface area contributed by atoms with Crippen molar-refractivity contribution in [2.45, 2.75) is 26.2 Å². The van der Waals surface area contributed by atoms with Gasteiger partial charge < -0.3 is 4.74 Å². The highest BCUT2D eigenvalue weighted by molar-refractivity contribution is 5.45. The van der Waals surface area contributed by atoms with E-state index < -0.39 is 0 Å². The Morgan fingerprint density at radius 2 is 1.84 bits per heavy atom. The van der Waals surface area contributed by atoms with E-state index in [1.807, 2.05) is 18.2 Å². The summed E-state index contributed by atoms with van der Waals surface area (Å²) in [6, 6.07) is 2.31. The molecular weight excluding hydrogens is 308 g/mol. The Balaban J connectivity index is 2.49. The third kappa shape index (κ3) is 6.99. The summed E-state index contributed by atoms with van der Waals surface area (Å²) in [5.41, 5.74) is 2.81. The molecule has 3 heteroatoms. The van der Waals surface area contributed by atoms with Crippen molar-refractivity contribution in [1.29, 1.82) is 5.26 Å². The van der Waals surface area contributed by atoms with E-state index in [1.165, 1.54) is 0 Å². The molecule has 0 aliphatic carbocycles. The summed E-state index contributed by atoms with van der Waals surface area (Å²) >= 11 is 0. The van der Waals surface area contributed by atoms with Gasteiger partial charge in [-0.2, -0.15) is 5.26 Å². The van der Waals surface area contributed by atoms with Crippen molar-refractivity contribution in [3.05, 3.63) is 73.1 Å². The number of hydrogen-bond acceptors (Lipinski definition) is 3. The maximum Gasteiger partial charge on any atom is 0.118 e. The second-order valence-corrected chi connectivity index (χ2v) is 6.92. The molecule has 1 rings (SSSR count). The standard InChI is InChI=1S/C22H30N2O/c1-7-21(25-6)16-20(4)19(3)9-8-18(2)17-24-14-11-22(5,10-13-23)12-15-24/h7-9,16H,1-4,10-12,14-15,17H2,5-6H3/b9-8-,21-16+. The average molecular weight is 338 g/mol. The highest BCUT2D eigenvalue weighted by atomic mass is 16.5. The van der Waals surface area contributed by atoms with Gasteiger partial charge in [0.2, 0.25) is 0 Å². The lowest BCUT2D eigenvalue weighted by molar-refractivity contribution is 0.130. The molecular formula is C22H30N2O. The zero-order valence-corrected chi connectivity index (χ0v) is 15.7. The van der Waals surface area contributed by atoms with Crippen molar-refractivity contribution in [2.75, 3.05) is 26.7 Å². The molecule has 0 unspecified atom stereocenters. The second kappa shape index (κ2) is 9.86. The second-order valence-electron chi connectivity index (χ2n) is 6.92. The lowest BCUT2D eigenvalue weighted by Gasteiger charge is -2.38. The van der Waals surface area contributed by atoms with Crippen LogP contribution in [0.2, 0.25) is 0 Å². The van der Waals surface area contributed by atoms with Gasteiger partial charge in [-0.3, -0.25) is 4.90 Å². The first-order valence-corrected chi connectivity index (χ1v) is 8.55. The van der Waals surface area contributed by atoms with Crippen LogP contribution < -0.4 is 0 Å². The van der Waals surface area contributed by atoms with Crippen LogP contribution >= 0.6 is 0 Å². The minimum atomic E-state index is 0.172. The Kier molecular flexibility index (Phi) is 8.18. The smallest absolute Gasteiger partial charge is 0.118 e. The van der Waals surface area contributed by atoms with Gasteiger partial charge in [-0.1, -0.05) is 45.4 Å². The zero-order valence-electron chi connectivity index (χ0n) is 15.7. The summed E-state index contributed by atoms with van der Waals surface area (Å²) in [5.74, 6) is 0.659. The lowest BCUT2D eigenvalue weighted by Crippen LogP contribution is -2.39. The molecule has 1 saturated heterocycles. The number of likely N-dealkylation sites (tertiary alicyclic amines) is 1. The first-order chi connectivity index (χ1) is 11.8. The van der Waals surface area contributed by atoms with Crippen molar-refractivity contribution in [2.24, 2.45) is 5.41 Å². The van der Waals surface area contributed by atoms with E-state index in [-0.39, 0.29) is 5.41 Å². The average Bonchev–Trinajstić information content (AvgIpc) is 2.59. The van der Waals surface area contributed by atoms with Gasteiger partial charge >= 0.3 is 0 Å². The van der Waals surface area contributed by atoms with Gasteiger partial charge in [0.05, 0.1) is 13.2 Å². The molecule has 0 aromatic carbocycles. The number of rotatable bonds is 9. The normalized spacial score (nSPS) is 17.7. The van der Waals surface area contributed by atoms with E-state index in [1.54, 1.807) is 13.2 Å². The summed E-state index contributed by atoms with van der Waals surface area (Å²) in [7, 11) is 1.60. The molecule has 1 fully saturated rings. The molecule has 134 valence electrons. The van der Waals surface area contributed by atoms with E-state index in [0.717, 1.165) is 49.2 Å². The van der Waals surface area contributed by atoms with E-state index in [0.29, 0.717) is 12.2 Å². The third-order valence-electron chi connectivity index (χ3n) is 4.68. The molecule has 0 aromatic rings. The SMILES string of the molecule is C=C/C(=C\C(=C)C(=C)/C=C\C(=C)CN1CCC(C)(CC#N)CC1)OC. The Labute approximate surface area is 153 Å². The Morgan fingerprint density at radius 1 is 1.20 bits per heavy atom.